The highest BCUT2D eigenvalue weighted by Crippen LogP contribution is 2.34. The van der Waals surface area contributed by atoms with Crippen LogP contribution >= 0.6 is 24.0 Å². The molecule has 0 N–H and O–H groups in total. The zero-order valence-electron chi connectivity index (χ0n) is 16.9. The quantitative estimate of drug-likeness (QED) is 0.370. The molecule has 1 amide bonds. The molecule has 0 aromatic carbocycles. The van der Waals surface area contributed by atoms with E-state index < -0.39 is 0 Å². The second-order valence-electron chi connectivity index (χ2n) is 7.16. The third-order valence-electron chi connectivity index (χ3n) is 5.18. The van der Waals surface area contributed by atoms with Gasteiger partial charge in [0.05, 0.1) is 10.5 Å². The minimum atomic E-state index is -0.177. The van der Waals surface area contributed by atoms with Crippen LogP contribution in [0, 0.1) is 0 Å². The van der Waals surface area contributed by atoms with Gasteiger partial charge in [0.1, 0.15) is 15.8 Å². The molecule has 4 rings (SSSR count). The Balaban J connectivity index is 1.70. The van der Waals surface area contributed by atoms with Gasteiger partial charge in [0.15, 0.2) is 0 Å². The molecular formula is C21H24N4O3S2. The number of pyridine rings is 1. The number of nitrogens with zero attached hydrogens (tertiary/aromatic N) is 4. The number of anilines is 1. The smallest absolute Gasteiger partial charge is 0.267 e. The predicted molar refractivity (Wildman–Crippen MR) is 124 cm³/mol. The number of amides is 1. The summed E-state index contributed by atoms with van der Waals surface area (Å²) in [5, 5.41) is 0. The van der Waals surface area contributed by atoms with Gasteiger partial charge in [0.25, 0.3) is 11.5 Å². The molecule has 2 aromatic heterocycles. The van der Waals surface area contributed by atoms with Crippen molar-refractivity contribution in [3.63, 3.8) is 0 Å². The fourth-order valence-electron chi connectivity index (χ4n) is 3.68. The van der Waals surface area contributed by atoms with Crippen molar-refractivity contribution in [3.05, 3.63) is 45.2 Å². The van der Waals surface area contributed by atoms with Crippen LogP contribution in [0.2, 0.25) is 0 Å². The topological polar surface area (TPSA) is 67.2 Å². The lowest BCUT2D eigenvalue weighted by molar-refractivity contribution is -0.122. The number of rotatable bonds is 7. The first kappa shape index (κ1) is 21.0. The molecule has 0 radical (unpaired) electrons. The van der Waals surface area contributed by atoms with Gasteiger partial charge in [0, 0.05) is 39.0 Å². The molecule has 0 bridgehead atoms. The third-order valence-corrected chi connectivity index (χ3v) is 6.56. The molecule has 0 aliphatic carbocycles. The summed E-state index contributed by atoms with van der Waals surface area (Å²) < 4.78 is 7.39. The fourth-order valence-corrected chi connectivity index (χ4v) is 4.97. The van der Waals surface area contributed by atoms with Crippen molar-refractivity contribution >= 4 is 51.7 Å². The average Bonchev–Trinajstić information content (AvgIpc) is 3.37. The zero-order chi connectivity index (χ0) is 21.1. The lowest BCUT2D eigenvalue weighted by Gasteiger charge is -2.19. The highest BCUT2D eigenvalue weighted by atomic mass is 32.2. The highest BCUT2D eigenvalue weighted by molar-refractivity contribution is 8.26. The number of hydrogen-bond donors (Lipinski definition) is 0. The van der Waals surface area contributed by atoms with E-state index in [9.17, 15) is 9.59 Å². The maximum absolute atomic E-state index is 13.3. The first-order chi connectivity index (χ1) is 14.6. The second kappa shape index (κ2) is 9.28. The SMILES string of the molecule is CCOCCCN1C(=O)/C(=C\c2c(N3CCCC3)nc3ccccn3c2=O)SC1=S. The second-order valence-corrected chi connectivity index (χ2v) is 8.84. The number of ether oxygens (including phenoxy) is 1. The van der Waals surface area contributed by atoms with E-state index in [1.165, 1.54) is 16.2 Å². The van der Waals surface area contributed by atoms with Crippen molar-refractivity contribution in [1.82, 2.24) is 14.3 Å². The van der Waals surface area contributed by atoms with Gasteiger partial charge in [0.2, 0.25) is 0 Å². The first-order valence-corrected chi connectivity index (χ1v) is 11.4. The maximum atomic E-state index is 13.3. The number of aromatic nitrogens is 2. The molecule has 2 aromatic rings. The standard InChI is InChI=1S/C21H24N4O3S2/c1-2-28-13-7-12-25-20(27)16(30-21(25)29)14-15-18(23-9-5-6-10-23)22-17-8-3-4-11-24(17)19(15)26/h3-4,8,11,14H,2,5-7,9-10,12-13H2,1H3/b16-14+. The zero-order valence-corrected chi connectivity index (χ0v) is 18.5. The number of carbonyl (C=O) groups excluding carboxylic acids is 1. The summed E-state index contributed by atoms with van der Waals surface area (Å²) in [5.74, 6) is 0.483. The molecule has 0 atom stereocenters. The van der Waals surface area contributed by atoms with Gasteiger partial charge in [-0.25, -0.2) is 4.98 Å². The van der Waals surface area contributed by atoms with Crippen LogP contribution in [0.3, 0.4) is 0 Å². The van der Waals surface area contributed by atoms with Gasteiger partial charge in [-0.1, -0.05) is 30.0 Å². The Morgan fingerprint density at radius 1 is 1.27 bits per heavy atom. The highest BCUT2D eigenvalue weighted by Gasteiger charge is 2.32. The van der Waals surface area contributed by atoms with Crippen LogP contribution < -0.4 is 10.5 Å². The summed E-state index contributed by atoms with van der Waals surface area (Å²) in [6, 6.07) is 5.48. The Bertz CT molecular complexity index is 1060. The Kier molecular flexibility index (Phi) is 6.50. The van der Waals surface area contributed by atoms with Crippen molar-refractivity contribution in [2.24, 2.45) is 0 Å². The largest absolute Gasteiger partial charge is 0.382 e. The van der Waals surface area contributed by atoms with E-state index in [1.54, 1.807) is 23.2 Å². The lowest BCUT2D eigenvalue weighted by atomic mass is 10.2. The maximum Gasteiger partial charge on any atom is 0.267 e. The summed E-state index contributed by atoms with van der Waals surface area (Å²) in [5.41, 5.74) is 0.865. The molecule has 7 nitrogen and oxygen atoms in total. The first-order valence-electron chi connectivity index (χ1n) is 10.2. The van der Waals surface area contributed by atoms with Crippen LogP contribution in [0.1, 0.15) is 31.7 Å². The summed E-state index contributed by atoms with van der Waals surface area (Å²) in [7, 11) is 0. The lowest BCUT2D eigenvalue weighted by Crippen LogP contribution is -2.30. The number of thiocarbonyl (C=S) groups is 1. The minimum Gasteiger partial charge on any atom is -0.382 e. The molecule has 0 saturated carbocycles. The minimum absolute atomic E-state index is 0.161. The summed E-state index contributed by atoms with van der Waals surface area (Å²) >= 11 is 6.66. The normalized spacial score (nSPS) is 18.4. The molecule has 2 fully saturated rings. The van der Waals surface area contributed by atoms with Gasteiger partial charge in [-0.05, 0) is 44.4 Å². The number of thioether (sulfide) groups is 1. The third kappa shape index (κ3) is 4.14. The number of fused-ring (bicyclic) bond motifs is 1. The average molecular weight is 445 g/mol. The van der Waals surface area contributed by atoms with Crippen molar-refractivity contribution in [3.8, 4) is 0 Å². The van der Waals surface area contributed by atoms with Gasteiger partial charge in [-0.2, -0.15) is 0 Å². The van der Waals surface area contributed by atoms with E-state index >= 15 is 0 Å². The molecule has 4 heterocycles. The summed E-state index contributed by atoms with van der Waals surface area (Å²) in [4.78, 5) is 35.2. The summed E-state index contributed by atoms with van der Waals surface area (Å²) in [6.45, 7) is 5.40. The van der Waals surface area contributed by atoms with Crippen molar-refractivity contribution < 1.29 is 9.53 Å². The van der Waals surface area contributed by atoms with E-state index in [-0.39, 0.29) is 11.5 Å². The van der Waals surface area contributed by atoms with Crippen LogP contribution in [-0.4, -0.2) is 57.4 Å². The molecule has 158 valence electrons. The van der Waals surface area contributed by atoms with E-state index in [1.807, 2.05) is 19.1 Å². The van der Waals surface area contributed by atoms with E-state index in [2.05, 4.69) is 4.90 Å². The molecule has 2 aliphatic rings. The van der Waals surface area contributed by atoms with Crippen LogP contribution in [-0.2, 0) is 9.53 Å². The van der Waals surface area contributed by atoms with E-state index in [4.69, 9.17) is 21.9 Å². The van der Waals surface area contributed by atoms with Gasteiger partial charge in [-0.3, -0.25) is 18.9 Å². The van der Waals surface area contributed by atoms with Crippen LogP contribution in [0.25, 0.3) is 11.7 Å². The molecule has 30 heavy (non-hydrogen) atoms. The Hall–Kier alpha value is -2.23. The van der Waals surface area contributed by atoms with Gasteiger partial charge in [-0.15, -0.1) is 0 Å². The molecular weight excluding hydrogens is 420 g/mol. The molecule has 2 aliphatic heterocycles. The van der Waals surface area contributed by atoms with Crippen molar-refractivity contribution in [2.45, 2.75) is 26.2 Å². The number of carbonyl (C=O) groups is 1. The predicted octanol–water partition coefficient (Wildman–Crippen LogP) is 2.92. The van der Waals surface area contributed by atoms with E-state index in [0.717, 1.165) is 25.9 Å². The van der Waals surface area contributed by atoms with Crippen LogP contribution in [0.5, 0.6) is 0 Å². The van der Waals surface area contributed by atoms with Crippen molar-refractivity contribution in [2.75, 3.05) is 37.7 Å². The van der Waals surface area contributed by atoms with Gasteiger partial charge >= 0.3 is 0 Å². The Morgan fingerprint density at radius 2 is 2.07 bits per heavy atom. The van der Waals surface area contributed by atoms with Crippen LogP contribution in [0.15, 0.2) is 34.1 Å². The molecule has 2 saturated heterocycles. The van der Waals surface area contributed by atoms with Crippen molar-refractivity contribution in [1.29, 1.82) is 0 Å². The number of hydrogen-bond acceptors (Lipinski definition) is 7. The molecule has 0 spiro atoms. The molecule has 0 unspecified atom stereocenters. The van der Waals surface area contributed by atoms with E-state index in [0.29, 0.717) is 52.4 Å². The molecule has 9 heteroatoms. The fraction of sp³-hybridized carbons (Fsp3) is 0.429. The van der Waals surface area contributed by atoms with Crippen LogP contribution in [0.4, 0.5) is 5.82 Å². The monoisotopic (exact) mass is 444 g/mol. The van der Waals surface area contributed by atoms with Gasteiger partial charge < -0.3 is 9.64 Å². The Morgan fingerprint density at radius 3 is 2.83 bits per heavy atom. The summed E-state index contributed by atoms with van der Waals surface area (Å²) in [6.07, 6.45) is 6.22. The Labute approximate surface area is 184 Å².